The molecule has 0 bridgehead atoms. The van der Waals surface area contributed by atoms with E-state index in [1.54, 1.807) is 6.20 Å². The zero-order chi connectivity index (χ0) is 16.7. The van der Waals surface area contributed by atoms with Gasteiger partial charge < -0.3 is 5.32 Å². The highest BCUT2D eigenvalue weighted by atomic mass is 15.2. The second-order valence-corrected chi connectivity index (χ2v) is 6.64. The fourth-order valence-corrected chi connectivity index (χ4v) is 2.89. The Morgan fingerprint density at radius 1 is 1.25 bits per heavy atom. The molecule has 0 atom stereocenters. The first-order valence-corrected chi connectivity index (χ1v) is 8.30. The van der Waals surface area contributed by atoms with Gasteiger partial charge in [0.25, 0.3) is 0 Å². The average Bonchev–Trinajstić information content (AvgIpc) is 3.30. The zero-order valence-electron chi connectivity index (χ0n) is 13.8. The molecule has 1 N–H and O–H groups in total. The van der Waals surface area contributed by atoms with Crippen LogP contribution in [0.4, 0.5) is 5.69 Å². The molecule has 3 aromatic heterocycles. The number of hydrogen-bond acceptors (Lipinski definition) is 4. The van der Waals surface area contributed by atoms with Crippen LogP contribution >= 0.6 is 0 Å². The van der Waals surface area contributed by atoms with Gasteiger partial charge >= 0.3 is 0 Å². The zero-order valence-corrected chi connectivity index (χ0v) is 13.8. The van der Waals surface area contributed by atoms with Crippen molar-refractivity contribution in [1.82, 2.24) is 14.6 Å². The molecule has 0 aromatic carbocycles. The Kier molecular flexibility index (Phi) is 3.46. The van der Waals surface area contributed by atoms with Crippen LogP contribution in [-0.4, -0.2) is 20.6 Å². The van der Waals surface area contributed by atoms with Gasteiger partial charge in [-0.15, -0.1) is 0 Å². The lowest BCUT2D eigenvalue weighted by Crippen LogP contribution is -2.06. The van der Waals surface area contributed by atoms with E-state index in [1.165, 1.54) is 24.1 Å². The molecule has 5 heteroatoms. The van der Waals surface area contributed by atoms with E-state index in [9.17, 15) is 0 Å². The number of anilines is 1. The third kappa shape index (κ3) is 2.61. The van der Waals surface area contributed by atoms with Crippen molar-refractivity contribution in [3.63, 3.8) is 0 Å². The van der Waals surface area contributed by atoms with Crippen LogP contribution in [0.2, 0.25) is 0 Å². The van der Waals surface area contributed by atoms with Crippen LogP contribution in [0, 0.1) is 11.3 Å². The quantitative estimate of drug-likeness (QED) is 0.791. The van der Waals surface area contributed by atoms with Gasteiger partial charge in [0.2, 0.25) is 0 Å². The molecule has 24 heavy (non-hydrogen) atoms. The fourth-order valence-electron chi connectivity index (χ4n) is 2.89. The first kappa shape index (κ1) is 14.7. The molecule has 120 valence electrons. The Morgan fingerprint density at radius 2 is 2.08 bits per heavy atom. The van der Waals surface area contributed by atoms with Crippen molar-refractivity contribution in [3.05, 3.63) is 47.8 Å². The van der Waals surface area contributed by atoms with Crippen molar-refractivity contribution < 1.29 is 0 Å². The summed E-state index contributed by atoms with van der Waals surface area (Å²) in [5.74, 6) is 0.424. The molecule has 1 aliphatic rings. The summed E-state index contributed by atoms with van der Waals surface area (Å²) < 4.78 is 1.83. The number of nitrogens with zero attached hydrogens (tertiary/aromatic N) is 4. The van der Waals surface area contributed by atoms with Crippen LogP contribution < -0.4 is 5.32 Å². The Bertz CT molecular complexity index is 944. The van der Waals surface area contributed by atoms with Crippen molar-refractivity contribution in [2.24, 2.45) is 0 Å². The van der Waals surface area contributed by atoms with E-state index in [2.05, 4.69) is 41.4 Å². The van der Waals surface area contributed by atoms with E-state index in [1.807, 2.05) is 28.9 Å². The highest BCUT2D eigenvalue weighted by Gasteiger charge is 2.23. The smallest absolute Gasteiger partial charge is 0.101 e. The largest absolute Gasteiger partial charge is 0.382 e. The van der Waals surface area contributed by atoms with Gasteiger partial charge in [0.1, 0.15) is 6.07 Å². The molecular weight excluding hydrogens is 298 g/mol. The Hall–Kier alpha value is -2.87. The molecule has 3 aromatic rings. The summed E-state index contributed by atoms with van der Waals surface area (Å²) in [6.07, 6.45) is 6.03. The minimum Gasteiger partial charge on any atom is -0.382 e. The van der Waals surface area contributed by atoms with E-state index in [0.29, 0.717) is 17.5 Å². The molecule has 0 saturated heterocycles. The van der Waals surface area contributed by atoms with Crippen LogP contribution in [-0.2, 0) is 0 Å². The minimum atomic E-state index is 0.424. The molecule has 1 aliphatic carbocycles. The van der Waals surface area contributed by atoms with Gasteiger partial charge in [-0.25, -0.2) is 4.52 Å². The number of fused-ring (bicyclic) bond motifs is 1. The number of nitrogens with one attached hydrogen (secondary N) is 1. The maximum atomic E-state index is 9.01. The third-order valence-electron chi connectivity index (χ3n) is 4.39. The first-order valence-electron chi connectivity index (χ1n) is 8.30. The van der Waals surface area contributed by atoms with Crippen LogP contribution in [0.15, 0.2) is 36.7 Å². The maximum absolute atomic E-state index is 9.01. The first-order chi connectivity index (χ1) is 11.7. The summed E-state index contributed by atoms with van der Waals surface area (Å²) in [5.41, 5.74) is 5.69. The van der Waals surface area contributed by atoms with E-state index in [4.69, 9.17) is 5.26 Å². The monoisotopic (exact) mass is 317 g/mol. The lowest BCUT2D eigenvalue weighted by Gasteiger charge is -2.15. The summed E-state index contributed by atoms with van der Waals surface area (Å²) in [7, 11) is 0. The highest BCUT2D eigenvalue weighted by Crippen LogP contribution is 2.32. The predicted octanol–water partition coefficient (Wildman–Crippen LogP) is 3.97. The van der Waals surface area contributed by atoms with Crippen molar-refractivity contribution >= 4 is 11.2 Å². The summed E-state index contributed by atoms with van der Waals surface area (Å²) >= 11 is 0. The molecule has 0 unspecified atom stereocenters. The molecular formula is C19H19N5. The van der Waals surface area contributed by atoms with Crippen molar-refractivity contribution in [1.29, 1.82) is 5.26 Å². The lowest BCUT2D eigenvalue weighted by atomic mass is 10.0. The van der Waals surface area contributed by atoms with Gasteiger partial charge in [-0.1, -0.05) is 13.8 Å². The molecule has 1 saturated carbocycles. The van der Waals surface area contributed by atoms with E-state index in [-0.39, 0.29) is 0 Å². The summed E-state index contributed by atoms with van der Waals surface area (Å²) in [6.45, 7) is 4.37. The van der Waals surface area contributed by atoms with Gasteiger partial charge in [0.05, 0.1) is 28.7 Å². The van der Waals surface area contributed by atoms with Crippen molar-refractivity contribution in [2.75, 3.05) is 5.32 Å². The predicted molar refractivity (Wildman–Crippen MR) is 93.9 cm³/mol. The average molecular weight is 317 g/mol. The second-order valence-electron chi connectivity index (χ2n) is 6.64. The Balaban J connectivity index is 1.80. The normalized spacial score (nSPS) is 14.1. The Labute approximate surface area is 141 Å². The maximum Gasteiger partial charge on any atom is 0.101 e. The van der Waals surface area contributed by atoms with E-state index in [0.717, 1.165) is 16.9 Å². The van der Waals surface area contributed by atoms with Gasteiger partial charge in [-0.2, -0.15) is 10.4 Å². The molecule has 3 heterocycles. The third-order valence-corrected chi connectivity index (χ3v) is 4.39. The van der Waals surface area contributed by atoms with Gasteiger partial charge in [-0.3, -0.25) is 4.98 Å². The standard InChI is InChI=1S/C19H19N5/c1-12(2)16-11-21-18(8-17(16)23-14-3-4-14)19-6-5-15-7-13(9-20)10-22-24(15)19/h5-8,10-12,14H,3-4H2,1-2H3,(H,21,23). The molecule has 0 radical (unpaired) electrons. The van der Waals surface area contributed by atoms with Gasteiger partial charge in [0, 0.05) is 17.9 Å². The van der Waals surface area contributed by atoms with Crippen LogP contribution in [0.5, 0.6) is 0 Å². The van der Waals surface area contributed by atoms with Gasteiger partial charge in [-0.05, 0) is 48.6 Å². The van der Waals surface area contributed by atoms with Crippen LogP contribution in [0.1, 0.15) is 43.7 Å². The molecule has 0 spiro atoms. The highest BCUT2D eigenvalue weighted by molar-refractivity contribution is 5.69. The second kappa shape index (κ2) is 5.64. The summed E-state index contributed by atoms with van der Waals surface area (Å²) in [6, 6.07) is 10.6. The lowest BCUT2D eigenvalue weighted by molar-refractivity contribution is 0.856. The van der Waals surface area contributed by atoms with Gasteiger partial charge in [0.15, 0.2) is 0 Å². The Morgan fingerprint density at radius 3 is 2.79 bits per heavy atom. The fraction of sp³-hybridized carbons (Fsp3) is 0.316. The van der Waals surface area contributed by atoms with Crippen molar-refractivity contribution in [2.45, 2.75) is 38.6 Å². The van der Waals surface area contributed by atoms with Crippen LogP contribution in [0.25, 0.3) is 16.9 Å². The number of pyridine rings is 1. The van der Waals surface area contributed by atoms with Crippen molar-refractivity contribution in [3.8, 4) is 17.5 Å². The topological polar surface area (TPSA) is 66.0 Å². The summed E-state index contributed by atoms with van der Waals surface area (Å²) in [4.78, 5) is 4.66. The number of aromatic nitrogens is 3. The molecule has 0 amide bonds. The molecule has 0 aliphatic heterocycles. The van der Waals surface area contributed by atoms with E-state index < -0.39 is 0 Å². The SMILES string of the molecule is CC(C)c1cnc(-c2ccc3cc(C#N)cnn23)cc1NC1CC1. The molecule has 4 rings (SSSR count). The number of hydrogen-bond donors (Lipinski definition) is 1. The number of nitriles is 1. The molecule has 5 nitrogen and oxygen atoms in total. The number of rotatable bonds is 4. The summed E-state index contributed by atoms with van der Waals surface area (Å²) in [5, 5.41) is 17.0. The minimum absolute atomic E-state index is 0.424. The molecule has 1 fully saturated rings. The van der Waals surface area contributed by atoms with E-state index >= 15 is 0 Å². The van der Waals surface area contributed by atoms with Crippen LogP contribution in [0.3, 0.4) is 0 Å².